The summed E-state index contributed by atoms with van der Waals surface area (Å²) in [6.45, 7) is 2.27. The summed E-state index contributed by atoms with van der Waals surface area (Å²) < 4.78 is 50.1. The molecule has 12 nitrogen and oxygen atoms in total. The van der Waals surface area contributed by atoms with E-state index < -0.39 is 11.9 Å². The Bertz CT molecular complexity index is 1780. The number of rotatable bonds is 9. The monoisotopic (exact) mass is 595 g/mol. The lowest BCUT2D eigenvalue weighted by Crippen LogP contribution is -2.20. The van der Waals surface area contributed by atoms with Gasteiger partial charge < -0.3 is 15.0 Å². The molecule has 4 aromatic heterocycles. The van der Waals surface area contributed by atoms with Gasteiger partial charge in [0.25, 0.3) is 0 Å². The number of nitrogens with zero attached hydrogens (tertiary/aromatic N) is 9. The summed E-state index contributed by atoms with van der Waals surface area (Å²) in [5.74, 6) is 0.868. The van der Waals surface area contributed by atoms with Crippen molar-refractivity contribution in [2.24, 2.45) is 0 Å². The van der Waals surface area contributed by atoms with Crippen LogP contribution in [0.15, 0.2) is 67.4 Å². The van der Waals surface area contributed by atoms with Gasteiger partial charge in [0.15, 0.2) is 5.69 Å². The molecule has 1 atom stereocenters. The lowest BCUT2D eigenvalue weighted by Gasteiger charge is -2.16. The smallest absolute Gasteiger partial charge is 0.437 e. The number of imidazole rings is 1. The van der Waals surface area contributed by atoms with Gasteiger partial charge in [-0.3, -0.25) is 4.68 Å². The van der Waals surface area contributed by atoms with Gasteiger partial charge in [0, 0.05) is 24.2 Å². The second-order valence-electron chi connectivity index (χ2n) is 9.31. The van der Waals surface area contributed by atoms with Crippen molar-refractivity contribution in [3.05, 3.63) is 83.9 Å². The van der Waals surface area contributed by atoms with Crippen molar-refractivity contribution in [3.63, 3.8) is 0 Å². The highest BCUT2D eigenvalue weighted by Gasteiger charge is 2.37. The minimum absolute atomic E-state index is 0.00848. The van der Waals surface area contributed by atoms with E-state index >= 15 is 0 Å². The van der Waals surface area contributed by atoms with Crippen LogP contribution in [0, 0.1) is 0 Å². The summed E-state index contributed by atoms with van der Waals surface area (Å²) in [5, 5.41) is 17.8. The number of tetrazole rings is 1. The maximum Gasteiger partial charge on any atom is 0.437 e. The third-order valence-electron chi connectivity index (χ3n) is 6.11. The second kappa shape index (κ2) is 11.1. The predicted octanol–water partition coefficient (Wildman–Crippen LogP) is 5.13. The van der Waals surface area contributed by atoms with E-state index in [1.165, 1.54) is 29.6 Å². The minimum Gasteiger partial charge on any atom is -0.487 e. The molecular weight excluding hydrogens is 575 g/mol. The first-order valence-electron chi connectivity index (χ1n) is 12.6. The number of nitrogens with one attached hydrogen (secondary N) is 2. The van der Waals surface area contributed by atoms with Crippen molar-refractivity contribution < 1.29 is 17.9 Å². The zero-order valence-corrected chi connectivity index (χ0v) is 22.5. The molecule has 16 heteroatoms. The van der Waals surface area contributed by atoms with E-state index in [1.54, 1.807) is 18.2 Å². The molecule has 0 saturated carbocycles. The number of aromatic amines is 1. The number of H-pyrrole nitrogens is 1. The SMILES string of the molecule is C[C@@H](Cn1cnnn1)Oc1cc(-c2cnc(Nc3cn(Cc4nc5ccccc5[nH]4)nc3C(F)(F)F)nc2)ccc1Cl. The first-order chi connectivity index (χ1) is 20.2. The highest BCUT2D eigenvalue weighted by Crippen LogP contribution is 2.35. The molecule has 0 amide bonds. The number of anilines is 2. The molecule has 0 unspecified atom stereocenters. The number of para-hydroxylation sites is 2. The Morgan fingerprint density at radius 3 is 2.62 bits per heavy atom. The minimum atomic E-state index is -4.71. The van der Waals surface area contributed by atoms with Gasteiger partial charge in [-0.05, 0) is 47.2 Å². The Hall–Kier alpha value is -5.05. The van der Waals surface area contributed by atoms with E-state index in [9.17, 15) is 13.2 Å². The number of halogens is 4. The van der Waals surface area contributed by atoms with Crippen LogP contribution in [-0.4, -0.2) is 56.0 Å². The van der Waals surface area contributed by atoms with Crippen LogP contribution in [0.25, 0.3) is 22.2 Å². The molecule has 4 heterocycles. The van der Waals surface area contributed by atoms with Crippen molar-refractivity contribution >= 4 is 34.3 Å². The first-order valence-corrected chi connectivity index (χ1v) is 12.9. The molecule has 0 aliphatic carbocycles. The van der Waals surface area contributed by atoms with E-state index in [0.717, 1.165) is 10.2 Å². The van der Waals surface area contributed by atoms with Crippen molar-refractivity contribution in [2.75, 3.05) is 5.32 Å². The van der Waals surface area contributed by atoms with Crippen LogP contribution in [0.1, 0.15) is 18.4 Å². The Balaban J connectivity index is 1.18. The van der Waals surface area contributed by atoms with E-state index in [0.29, 0.717) is 39.8 Å². The average molecular weight is 596 g/mol. The Morgan fingerprint density at radius 2 is 1.88 bits per heavy atom. The lowest BCUT2D eigenvalue weighted by molar-refractivity contribution is -0.140. The molecule has 6 aromatic rings. The summed E-state index contributed by atoms with van der Waals surface area (Å²) >= 11 is 6.33. The highest BCUT2D eigenvalue weighted by atomic mass is 35.5. The molecule has 2 aromatic carbocycles. The van der Waals surface area contributed by atoms with Crippen LogP contribution in [0.5, 0.6) is 5.75 Å². The van der Waals surface area contributed by atoms with E-state index in [-0.39, 0.29) is 24.3 Å². The van der Waals surface area contributed by atoms with Gasteiger partial charge >= 0.3 is 6.18 Å². The van der Waals surface area contributed by atoms with Gasteiger partial charge in [0.2, 0.25) is 5.95 Å². The lowest BCUT2D eigenvalue weighted by atomic mass is 10.1. The second-order valence-corrected chi connectivity index (χ2v) is 9.72. The molecule has 0 bridgehead atoms. The molecular formula is C26H21ClF3N11O. The van der Waals surface area contributed by atoms with Crippen molar-refractivity contribution in [3.8, 4) is 16.9 Å². The molecule has 0 spiro atoms. The van der Waals surface area contributed by atoms with Crippen LogP contribution in [-0.2, 0) is 19.3 Å². The zero-order valence-electron chi connectivity index (χ0n) is 21.8. The van der Waals surface area contributed by atoms with E-state index in [4.69, 9.17) is 16.3 Å². The highest BCUT2D eigenvalue weighted by molar-refractivity contribution is 6.32. The quantitative estimate of drug-likeness (QED) is 0.233. The van der Waals surface area contributed by atoms with Gasteiger partial charge in [0.1, 0.15) is 24.0 Å². The largest absolute Gasteiger partial charge is 0.487 e. The normalized spacial score (nSPS) is 12.5. The topological polar surface area (TPSA) is 137 Å². The van der Waals surface area contributed by atoms with Crippen LogP contribution >= 0.6 is 11.6 Å². The Morgan fingerprint density at radius 1 is 1.07 bits per heavy atom. The summed E-state index contributed by atoms with van der Waals surface area (Å²) in [7, 11) is 0. The molecule has 2 N–H and O–H groups in total. The van der Waals surface area contributed by atoms with E-state index in [1.807, 2.05) is 31.2 Å². The van der Waals surface area contributed by atoms with Crippen LogP contribution in [0.2, 0.25) is 5.02 Å². The molecule has 0 saturated heterocycles. The number of ether oxygens (including phenoxy) is 1. The number of aromatic nitrogens is 10. The standard InChI is InChI=1S/C26H21ClF3N11O/c1-15(11-41-14-33-38-39-41)42-22-8-16(6-7-18(22)27)17-9-31-25(32-10-17)36-21-12-40(37-24(21)26(28,29)30)13-23-34-19-4-2-3-5-20(19)35-23/h2-10,12,14-15H,11,13H2,1H3,(H,34,35)(H,31,32,36)/t15-/m0/s1. The van der Waals surface area contributed by atoms with Crippen LogP contribution < -0.4 is 10.1 Å². The third kappa shape index (κ3) is 6.00. The molecule has 214 valence electrons. The van der Waals surface area contributed by atoms with Crippen molar-refractivity contribution in [1.29, 1.82) is 0 Å². The summed E-state index contributed by atoms with van der Waals surface area (Å²) in [6, 6.07) is 12.5. The van der Waals surface area contributed by atoms with Gasteiger partial charge in [0.05, 0.1) is 34.8 Å². The summed E-state index contributed by atoms with van der Waals surface area (Å²) in [4.78, 5) is 15.9. The predicted molar refractivity (Wildman–Crippen MR) is 146 cm³/mol. The Labute approximate surface area is 240 Å². The fourth-order valence-electron chi connectivity index (χ4n) is 4.25. The number of alkyl halides is 3. The molecule has 6 rings (SSSR count). The molecule has 0 aliphatic heterocycles. The maximum absolute atomic E-state index is 13.8. The number of fused-ring (bicyclic) bond motifs is 1. The summed E-state index contributed by atoms with van der Waals surface area (Å²) in [6.07, 6.45) is 0.696. The number of hydrogen-bond acceptors (Lipinski definition) is 9. The molecule has 0 aliphatic rings. The van der Waals surface area contributed by atoms with Gasteiger partial charge in [-0.2, -0.15) is 18.3 Å². The fourth-order valence-corrected chi connectivity index (χ4v) is 4.42. The van der Waals surface area contributed by atoms with Crippen LogP contribution in [0.4, 0.5) is 24.8 Å². The van der Waals surface area contributed by atoms with Crippen molar-refractivity contribution in [1.82, 2.24) is 49.9 Å². The summed E-state index contributed by atoms with van der Waals surface area (Å²) in [5.41, 5.74) is 1.41. The average Bonchev–Trinajstić information content (AvgIpc) is 3.70. The number of hydrogen-bond donors (Lipinski definition) is 2. The van der Waals surface area contributed by atoms with Gasteiger partial charge in [-0.1, -0.05) is 29.8 Å². The molecule has 0 radical (unpaired) electrons. The molecule has 42 heavy (non-hydrogen) atoms. The first kappa shape index (κ1) is 27.1. The third-order valence-corrected chi connectivity index (χ3v) is 6.42. The van der Waals surface area contributed by atoms with E-state index in [2.05, 4.69) is 45.9 Å². The van der Waals surface area contributed by atoms with Crippen LogP contribution in [0.3, 0.4) is 0 Å². The number of benzene rings is 2. The van der Waals surface area contributed by atoms with Gasteiger partial charge in [-0.25, -0.2) is 19.6 Å². The Kier molecular flexibility index (Phi) is 7.16. The maximum atomic E-state index is 13.8. The fraction of sp³-hybridized carbons (Fsp3) is 0.192. The van der Waals surface area contributed by atoms with Crippen molar-refractivity contribution in [2.45, 2.75) is 32.3 Å². The molecule has 0 fully saturated rings. The zero-order chi connectivity index (χ0) is 29.3. The van der Waals surface area contributed by atoms with Gasteiger partial charge in [-0.15, -0.1) is 5.10 Å².